The van der Waals surface area contributed by atoms with Crippen LogP contribution in [0.25, 0.3) is 11.0 Å². The Bertz CT molecular complexity index is 759. The average molecular weight is 324 g/mol. The van der Waals surface area contributed by atoms with Crippen molar-refractivity contribution >= 4 is 34.1 Å². The Hall–Kier alpha value is -2.40. The van der Waals surface area contributed by atoms with Crippen LogP contribution in [0.15, 0.2) is 48.5 Å². The van der Waals surface area contributed by atoms with Crippen molar-refractivity contribution in [2.24, 2.45) is 0 Å². The van der Waals surface area contributed by atoms with Crippen molar-refractivity contribution in [2.75, 3.05) is 11.9 Å². The van der Waals surface area contributed by atoms with Gasteiger partial charge in [-0.3, -0.25) is 0 Å². The van der Waals surface area contributed by atoms with Crippen LogP contribution in [-0.4, -0.2) is 21.6 Å². The normalized spacial score (nSPS) is 10.7. The van der Waals surface area contributed by atoms with Crippen LogP contribution in [0, 0.1) is 6.92 Å². The molecule has 0 aliphatic heterocycles. The predicted octanol–water partition coefficient (Wildman–Crippen LogP) is 3.79. The number of imidazole rings is 1. The second-order valence-electron chi connectivity index (χ2n) is 5.55. The molecule has 1 aromatic heterocycles. The molecule has 4 nitrogen and oxygen atoms in total. The fourth-order valence-corrected chi connectivity index (χ4v) is 2.61. The molecule has 0 radical (unpaired) electrons. The molecular weight excluding hydrogens is 304 g/mol. The Morgan fingerprint density at radius 1 is 1.13 bits per heavy atom. The van der Waals surface area contributed by atoms with Crippen LogP contribution in [-0.2, 0) is 6.42 Å². The number of anilines is 1. The molecule has 0 spiro atoms. The summed E-state index contributed by atoms with van der Waals surface area (Å²) in [6, 6.07) is 16.3. The minimum absolute atomic E-state index is 0.651. The lowest BCUT2D eigenvalue weighted by Crippen LogP contribution is -2.29. The molecule has 0 amide bonds. The molecule has 3 N–H and O–H groups in total. The van der Waals surface area contributed by atoms with Gasteiger partial charge in [-0.25, -0.2) is 4.98 Å². The summed E-state index contributed by atoms with van der Waals surface area (Å²) in [6.45, 7) is 2.88. The van der Waals surface area contributed by atoms with Crippen molar-refractivity contribution in [1.29, 1.82) is 0 Å². The number of aryl methyl sites for hydroxylation is 2. The van der Waals surface area contributed by atoms with Gasteiger partial charge in [-0.2, -0.15) is 0 Å². The van der Waals surface area contributed by atoms with Gasteiger partial charge in [0.25, 0.3) is 0 Å². The molecule has 0 saturated heterocycles. The Balaban J connectivity index is 1.42. The average Bonchev–Trinajstić information content (AvgIpc) is 2.96. The summed E-state index contributed by atoms with van der Waals surface area (Å²) < 4.78 is 0. The summed E-state index contributed by atoms with van der Waals surface area (Å²) in [5, 5.41) is 7.07. The first kappa shape index (κ1) is 15.5. The third-order valence-corrected chi connectivity index (χ3v) is 3.87. The smallest absolute Gasteiger partial charge is 0.170 e. The number of thiocarbonyl (C=S) groups is 1. The van der Waals surface area contributed by atoms with E-state index in [1.165, 1.54) is 5.56 Å². The van der Waals surface area contributed by atoms with Crippen LogP contribution in [0.1, 0.15) is 17.8 Å². The van der Waals surface area contributed by atoms with E-state index in [-0.39, 0.29) is 0 Å². The maximum atomic E-state index is 5.31. The lowest BCUT2D eigenvalue weighted by Gasteiger charge is -2.10. The van der Waals surface area contributed by atoms with Gasteiger partial charge in [0.1, 0.15) is 5.82 Å². The highest BCUT2D eigenvalue weighted by atomic mass is 32.1. The molecule has 118 valence electrons. The molecule has 0 unspecified atom stereocenters. The van der Waals surface area contributed by atoms with Gasteiger partial charge in [0.2, 0.25) is 0 Å². The number of nitrogens with zero attached hydrogens (tertiary/aromatic N) is 1. The van der Waals surface area contributed by atoms with Crippen molar-refractivity contribution in [3.63, 3.8) is 0 Å². The highest BCUT2D eigenvalue weighted by molar-refractivity contribution is 7.80. The zero-order chi connectivity index (χ0) is 16.1. The number of hydrogen-bond donors (Lipinski definition) is 3. The lowest BCUT2D eigenvalue weighted by molar-refractivity contribution is 0.753. The van der Waals surface area contributed by atoms with Gasteiger partial charge in [0, 0.05) is 18.7 Å². The number of H-pyrrole nitrogens is 1. The van der Waals surface area contributed by atoms with E-state index in [4.69, 9.17) is 12.2 Å². The summed E-state index contributed by atoms with van der Waals surface area (Å²) in [4.78, 5) is 7.92. The second kappa shape index (κ2) is 7.24. The molecule has 0 aliphatic rings. The number of hydrogen-bond acceptors (Lipinski definition) is 2. The molecule has 0 saturated carbocycles. The minimum Gasteiger partial charge on any atom is -0.362 e. The van der Waals surface area contributed by atoms with E-state index in [1.54, 1.807) is 0 Å². The maximum absolute atomic E-state index is 5.31. The highest BCUT2D eigenvalue weighted by Gasteiger charge is 2.02. The van der Waals surface area contributed by atoms with Gasteiger partial charge in [0.05, 0.1) is 11.0 Å². The molecule has 23 heavy (non-hydrogen) atoms. The van der Waals surface area contributed by atoms with E-state index in [0.717, 1.165) is 41.9 Å². The van der Waals surface area contributed by atoms with Crippen molar-refractivity contribution in [1.82, 2.24) is 15.3 Å². The standard InChI is InChI=1S/C18H20N4S/c1-13-8-10-14(11-9-13)20-18(23)19-12-4-7-17-21-15-5-2-3-6-16(15)22-17/h2-3,5-6,8-11H,4,7,12H2,1H3,(H,21,22)(H2,19,20,23). The molecule has 0 fully saturated rings. The zero-order valence-electron chi connectivity index (χ0n) is 13.1. The van der Waals surface area contributed by atoms with E-state index >= 15 is 0 Å². The van der Waals surface area contributed by atoms with Crippen LogP contribution in [0.4, 0.5) is 5.69 Å². The first-order chi connectivity index (χ1) is 11.2. The molecule has 0 bridgehead atoms. The highest BCUT2D eigenvalue weighted by Crippen LogP contribution is 2.11. The van der Waals surface area contributed by atoms with Crippen LogP contribution >= 0.6 is 12.2 Å². The third kappa shape index (κ3) is 4.29. The fourth-order valence-electron chi connectivity index (χ4n) is 2.39. The monoisotopic (exact) mass is 324 g/mol. The second-order valence-corrected chi connectivity index (χ2v) is 5.96. The summed E-state index contributed by atoms with van der Waals surface area (Å²) >= 11 is 5.31. The van der Waals surface area contributed by atoms with Crippen LogP contribution in [0.3, 0.4) is 0 Å². The number of aromatic amines is 1. The quantitative estimate of drug-likeness (QED) is 0.494. The Morgan fingerprint density at radius 3 is 2.70 bits per heavy atom. The number of benzene rings is 2. The molecular formula is C18H20N4S. The SMILES string of the molecule is Cc1ccc(NC(=S)NCCCc2nc3ccccc3[nH]2)cc1. The summed E-state index contributed by atoms with van der Waals surface area (Å²) in [5.74, 6) is 1.02. The number of fused-ring (bicyclic) bond motifs is 1. The maximum Gasteiger partial charge on any atom is 0.170 e. The predicted molar refractivity (Wildman–Crippen MR) is 99.8 cm³/mol. The molecule has 2 aromatic carbocycles. The topological polar surface area (TPSA) is 52.7 Å². The van der Waals surface area contributed by atoms with E-state index < -0.39 is 0 Å². The third-order valence-electron chi connectivity index (χ3n) is 3.62. The van der Waals surface area contributed by atoms with Gasteiger partial charge in [-0.15, -0.1) is 0 Å². The zero-order valence-corrected chi connectivity index (χ0v) is 13.9. The number of aromatic nitrogens is 2. The van der Waals surface area contributed by atoms with Crippen LogP contribution < -0.4 is 10.6 Å². The van der Waals surface area contributed by atoms with Crippen molar-refractivity contribution in [3.05, 3.63) is 59.9 Å². The molecule has 5 heteroatoms. The van der Waals surface area contributed by atoms with E-state index in [2.05, 4.69) is 39.7 Å². The Labute approximate surface area is 141 Å². The fraction of sp³-hybridized carbons (Fsp3) is 0.222. The number of rotatable bonds is 5. The van der Waals surface area contributed by atoms with Gasteiger partial charge >= 0.3 is 0 Å². The van der Waals surface area contributed by atoms with Gasteiger partial charge in [-0.05, 0) is 49.8 Å². The number of nitrogens with one attached hydrogen (secondary N) is 3. The molecule has 0 atom stereocenters. The lowest BCUT2D eigenvalue weighted by atomic mass is 10.2. The first-order valence-corrected chi connectivity index (χ1v) is 8.17. The number of para-hydroxylation sites is 2. The Morgan fingerprint density at radius 2 is 1.91 bits per heavy atom. The first-order valence-electron chi connectivity index (χ1n) is 7.76. The van der Waals surface area contributed by atoms with E-state index in [1.807, 2.05) is 36.4 Å². The Kier molecular flexibility index (Phi) is 4.88. The summed E-state index contributed by atoms with van der Waals surface area (Å²) in [5.41, 5.74) is 4.35. The minimum atomic E-state index is 0.651. The van der Waals surface area contributed by atoms with Gasteiger partial charge in [0.15, 0.2) is 5.11 Å². The van der Waals surface area contributed by atoms with Gasteiger partial charge in [-0.1, -0.05) is 29.8 Å². The van der Waals surface area contributed by atoms with E-state index in [9.17, 15) is 0 Å². The van der Waals surface area contributed by atoms with Gasteiger partial charge < -0.3 is 15.6 Å². The van der Waals surface area contributed by atoms with Crippen molar-refractivity contribution < 1.29 is 0 Å². The summed E-state index contributed by atoms with van der Waals surface area (Å²) in [7, 11) is 0. The van der Waals surface area contributed by atoms with Crippen molar-refractivity contribution in [3.8, 4) is 0 Å². The van der Waals surface area contributed by atoms with E-state index in [0.29, 0.717) is 5.11 Å². The molecule has 1 heterocycles. The van der Waals surface area contributed by atoms with Crippen LogP contribution in [0.2, 0.25) is 0 Å². The molecule has 3 aromatic rings. The molecule has 3 rings (SSSR count). The van der Waals surface area contributed by atoms with Crippen molar-refractivity contribution in [2.45, 2.75) is 19.8 Å². The largest absolute Gasteiger partial charge is 0.362 e. The van der Waals surface area contributed by atoms with Crippen LogP contribution in [0.5, 0.6) is 0 Å². The summed E-state index contributed by atoms with van der Waals surface area (Å²) in [6.07, 6.45) is 1.87. The molecule has 0 aliphatic carbocycles.